The van der Waals surface area contributed by atoms with Gasteiger partial charge in [-0.2, -0.15) is 0 Å². The molecule has 0 fully saturated rings. The third-order valence-corrected chi connectivity index (χ3v) is 2.29. The smallest absolute Gasteiger partial charge is 0.320 e. The summed E-state index contributed by atoms with van der Waals surface area (Å²) in [4.78, 5) is 11.0. The van der Waals surface area contributed by atoms with Crippen molar-refractivity contribution in [2.75, 3.05) is 7.11 Å². The van der Waals surface area contributed by atoms with Gasteiger partial charge in [0.2, 0.25) is 0 Å². The van der Waals surface area contributed by atoms with Crippen LogP contribution in [0.4, 0.5) is 0 Å². The monoisotopic (exact) mass is 192 g/mol. The van der Waals surface area contributed by atoms with Gasteiger partial charge in [0.25, 0.3) is 0 Å². The van der Waals surface area contributed by atoms with Gasteiger partial charge in [0.15, 0.2) is 0 Å². The molecule has 2 heteroatoms. The molecule has 0 aromatic heterocycles. The van der Waals surface area contributed by atoms with Gasteiger partial charge >= 0.3 is 5.97 Å². The molecule has 1 rings (SSSR count). The maximum Gasteiger partial charge on any atom is 0.320 e. The zero-order valence-electron chi connectivity index (χ0n) is 8.80. The molecule has 0 radical (unpaired) electrons. The Hall–Kier alpha value is -1.23. The molecule has 2 nitrogen and oxygen atoms in total. The Morgan fingerprint density at radius 1 is 1.57 bits per heavy atom. The topological polar surface area (TPSA) is 26.3 Å². The van der Waals surface area contributed by atoms with Crippen molar-refractivity contribution in [1.29, 1.82) is 0 Å². The lowest BCUT2D eigenvalue weighted by atomic mass is 9.99. The molecule has 0 heterocycles. The Morgan fingerprint density at radius 2 is 2.36 bits per heavy atom. The van der Waals surface area contributed by atoms with Gasteiger partial charge in [0, 0.05) is 0 Å². The van der Waals surface area contributed by atoms with E-state index in [0.717, 1.165) is 12.8 Å². The summed E-state index contributed by atoms with van der Waals surface area (Å²) < 4.78 is 4.59. The number of carbonyl (C=O) groups is 1. The summed E-state index contributed by atoms with van der Waals surface area (Å²) >= 11 is 0. The molecule has 1 atom stereocenters. The first-order chi connectivity index (χ1) is 6.74. The van der Waals surface area contributed by atoms with Crippen LogP contribution >= 0.6 is 0 Å². The number of hydrogen-bond donors (Lipinski definition) is 0. The maximum absolute atomic E-state index is 11.0. The SMILES string of the molecule is COC(=O)C(C)C#CC1=CCCCC1. The van der Waals surface area contributed by atoms with Crippen molar-refractivity contribution in [1.82, 2.24) is 0 Å². The first-order valence-corrected chi connectivity index (χ1v) is 5.02. The predicted molar refractivity (Wildman–Crippen MR) is 55.5 cm³/mol. The molecule has 0 bridgehead atoms. The zero-order valence-corrected chi connectivity index (χ0v) is 8.80. The minimum absolute atomic E-state index is 0.256. The molecule has 14 heavy (non-hydrogen) atoms. The third kappa shape index (κ3) is 3.26. The number of ether oxygens (including phenoxy) is 1. The lowest BCUT2D eigenvalue weighted by Crippen LogP contribution is -2.10. The van der Waals surface area contributed by atoms with Crippen molar-refractivity contribution >= 4 is 5.97 Å². The van der Waals surface area contributed by atoms with Crippen LogP contribution in [0.1, 0.15) is 32.6 Å². The summed E-state index contributed by atoms with van der Waals surface area (Å²) in [5.41, 5.74) is 1.17. The van der Waals surface area contributed by atoms with Gasteiger partial charge in [-0.3, -0.25) is 4.79 Å². The Bertz CT molecular complexity index is 291. The number of rotatable bonds is 1. The zero-order chi connectivity index (χ0) is 10.4. The van der Waals surface area contributed by atoms with Crippen LogP contribution in [0.5, 0.6) is 0 Å². The van der Waals surface area contributed by atoms with Crippen LogP contribution in [0, 0.1) is 17.8 Å². The largest absolute Gasteiger partial charge is 0.468 e. The highest BCUT2D eigenvalue weighted by Crippen LogP contribution is 2.16. The van der Waals surface area contributed by atoms with Crippen molar-refractivity contribution in [2.45, 2.75) is 32.6 Å². The number of allylic oxidation sites excluding steroid dienone is 2. The average Bonchev–Trinajstić information content (AvgIpc) is 2.26. The Morgan fingerprint density at radius 3 is 2.93 bits per heavy atom. The van der Waals surface area contributed by atoms with E-state index in [0.29, 0.717) is 0 Å². The fourth-order valence-electron chi connectivity index (χ4n) is 1.39. The van der Waals surface area contributed by atoms with Gasteiger partial charge in [-0.1, -0.05) is 17.9 Å². The van der Waals surface area contributed by atoms with Crippen LogP contribution in [-0.2, 0) is 9.53 Å². The highest BCUT2D eigenvalue weighted by molar-refractivity contribution is 5.75. The van der Waals surface area contributed by atoms with Gasteiger partial charge in [-0.25, -0.2) is 0 Å². The lowest BCUT2D eigenvalue weighted by molar-refractivity contribution is -0.142. The molecule has 0 saturated carbocycles. The molecular formula is C12H16O2. The molecule has 0 spiro atoms. The molecule has 1 unspecified atom stereocenters. The fourth-order valence-corrected chi connectivity index (χ4v) is 1.39. The summed E-state index contributed by atoms with van der Waals surface area (Å²) in [6.45, 7) is 1.77. The molecule has 0 saturated heterocycles. The Balaban J connectivity index is 2.53. The van der Waals surface area contributed by atoms with E-state index in [1.165, 1.54) is 25.5 Å². The summed E-state index contributed by atoms with van der Waals surface area (Å²) in [6, 6.07) is 0. The molecule has 1 aliphatic rings. The fraction of sp³-hybridized carbons (Fsp3) is 0.583. The normalized spacial score (nSPS) is 17.4. The average molecular weight is 192 g/mol. The van der Waals surface area contributed by atoms with Crippen molar-refractivity contribution in [3.63, 3.8) is 0 Å². The number of hydrogen-bond acceptors (Lipinski definition) is 2. The molecule has 0 aromatic rings. The van der Waals surface area contributed by atoms with Crippen molar-refractivity contribution in [2.24, 2.45) is 5.92 Å². The molecular weight excluding hydrogens is 176 g/mol. The Kier molecular flexibility index (Phi) is 4.25. The van der Waals surface area contributed by atoms with E-state index in [1.54, 1.807) is 6.92 Å². The summed E-state index contributed by atoms with van der Waals surface area (Å²) in [5, 5.41) is 0. The minimum Gasteiger partial charge on any atom is -0.468 e. The molecule has 0 aliphatic heterocycles. The van der Waals surface area contributed by atoms with Crippen LogP contribution in [0.15, 0.2) is 11.6 Å². The molecule has 1 aliphatic carbocycles. The standard InChI is InChI=1S/C12H16O2/c1-10(12(13)14-2)8-9-11-6-4-3-5-7-11/h6,10H,3-5,7H2,1-2H3. The second kappa shape index (κ2) is 5.49. The Labute approximate surface area is 85.3 Å². The first kappa shape index (κ1) is 10.8. The van der Waals surface area contributed by atoms with Crippen LogP contribution in [0.2, 0.25) is 0 Å². The molecule has 0 aromatic carbocycles. The third-order valence-electron chi connectivity index (χ3n) is 2.29. The van der Waals surface area contributed by atoms with Gasteiger partial charge in [-0.05, 0) is 38.2 Å². The molecule has 0 amide bonds. The lowest BCUT2D eigenvalue weighted by Gasteiger charge is -2.06. The van der Waals surface area contributed by atoms with Crippen LogP contribution in [-0.4, -0.2) is 13.1 Å². The van der Waals surface area contributed by atoms with Crippen molar-refractivity contribution in [3.05, 3.63) is 11.6 Å². The van der Waals surface area contributed by atoms with Gasteiger partial charge in [-0.15, -0.1) is 0 Å². The number of carbonyl (C=O) groups excluding carboxylic acids is 1. The van der Waals surface area contributed by atoms with E-state index in [2.05, 4.69) is 22.7 Å². The predicted octanol–water partition coefficient (Wildman–Crippen LogP) is 2.30. The van der Waals surface area contributed by atoms with E-state index in [9.17, 15) is 4.79 Å². The number of esters is 1. The van der Waals surface area contributed by atoms with Gasteiger partial charge < -0.3 is 4.74 Å². The minimum atomic E-state index is -0.317. The van der Waals surface area contributed by atoms with Crippen LogP contribution < -0.4 is 0 Å². The van der Waals surface area contributed by atoms with Gasteiger partial charge in [0.05, 0.1) is 7.11 Å². The summed E-state index contributed by atoms with van der Waals surface area (Å²) in [7, 11) is 1.39. The van der Waals surface area contributed by atoms with Crippen LogP contribution in [0.3, 0.4) is 0 Å². The highest BCUT2D eigenvalue weighted by atomic mass is 16.5. The van der Waals surface area contributed by atoms with E-state index >= 15 is 0 Å². The summed E-state index contributed by atoms with van der Waals surface area (Å²) in [6.07, 6.45) is 6.82. The second-order valence-corrected chi connectivity index (χ2v) is 3.49. The second-order valence-electron chi connectivity index (χ2n) is 3.49. The highest BCUT2D eigenvalue weighted by Gasteiger charge is 2.09. The quantitative estimate of drug-likeness (QED) is 0.470. The van der Waals surface area contributed by atoms with E-state index in [4.69, 9.17) is 0 Å². The van der Waals surface area contributed by atoms with Crippen molar-refractivity contribution in [3.8, 4) is 11.8 Å². The van der Waals surface area contributed by atoms with Gasteiger partial charge in [0.1, 0.15) is 5.92 Å². The molecule has 0 N–H and O–H groups in total. The van der Waals surface area contributed by atoms with E-state index < -0.39 is 0 Å². The van der Waals surface area contributed by atoms with E-state index in [-0.39, 0.29) is 11.9 Å². The van der Waals surface area contributed by atoms with Crippen LogP contribution in [0.25, 0.3) is 0 Å². The maximum atomic E-state index is 11.0. The van der Waals surface area contributed by atoms with Crippen molar-refractivity contribution < 1.29 is 9.53 Å². The molecule has 76 valence electrons. The van der Waals surface area contributed by atoms with E-state index in [1.807, 2.05) is 0 Å². The first-order valence-electron chi connectivity index (χ1n) is 5.02. The number of methoxy groups -OCH3 is 1. The summed E-state index contributed by atoms with van der Waals surface area (Å²) in [5.74, 6) is 5.38.